The van der Waals surface area contributed by atoms with Crippen molar-refractivity contribution in [3.8, 4) is 5.75 Å². The Balaban J connectivity index is 0.000000605. The first-order chi connectivity index (χ1) is 4.97. The van der Waals surface area contributed by atoms with E-state index >= 15 is 0 Å². The van der Waals surface area contributed by atoms with Gasteiger partial charge in [-0.25, -0.2) is 0 Å². The quantitative estimate of drug-likeness (QED) is 0.590. The van der Waals surface area contributed by atoms with E-state index in [9.17, 15) is 0 Å². The second kappa shape index (κ2) is 5.36. The minimum Gasteiger partial charge on any atom is -0.489 e. The Hall–Kier alpha value is -0.309. The molecule has 12 heavy (non-hydrogen) atoms. The van der Waals surface area contributed by atoms with Crippen LogP contribution in [0.2, 0.25) is 0 Å². The molecular formula is C9H8OSiTi. The molecule has 0 aromatic heterocycles. The summed E-state index contributed by atoms with van der Waals surface area (Å²) in [5, 5.41) is 0. The van der Waals surface area contributed by atoms with Crippen LogP contribution in [0.1, 0.15) is 5.56 Å². The Labute approximate surface area is 91.7 Å². The van der Waals surface area contributed by atoms with E-state index in [1.165, 1.54) is 5.56 Å². The molecule has 0 aliphatic carbocycles. The average molecular weight is 208 g/mol. The van der Waals surface area contributed by atoms with E-state index in [0.29, 0.717) is 6.61 Å². The van der Waals surface area contributed by atoms with Crippen LogP contribution in [0.25, 0.3) is 6.08 Å². The van der Waals surface area contributed by atoms with Gasteiger partial charge in [0.05, 0.1) is 0 Å². The van der Waals surface area contributed by atoms with Gasteiger partial charge in [0, 0.05) is 38.2 Å². The van der Waals surface area contributed by atoms with E-state index < -0.39 is 0 Å². The van der Waals surface area contributed by atoms with Crippen molar-refractivity contribution < 1.29 is 26.5 Å². The summed E-state index contributed by atoms with van der Waals surface area (Å²) in [4.78, 5) is 0. The van der Waals surface area contributed by atoms with Gasteiger partial charge < -0.3 is 4.74 Å². The smallest absolute Gasteiger partial charge is 0.126 e. The molecule has 2 rings (SSSR count). The Kier molecular flexibility index (Phi) is 5.22. The zero-order valence-electron chi connectivity index (χ0n) is 6.58. The monoisotopic (exact) mass is 208 g/mol. The standard InChI is InChI=1S/C9H8O.Si.Ti/c1-2-6-9-8(4-1)5-3-7-10-9;;/h1-6H,7H2;;. The Morgan fingerprint density at radius 3 is 2.67 bits per heavy atom. The number of ether oxygens (including phenoxy) is 1. The topological polar surface area (TPSA) is 9.23 Å². The number of para-hydroxylation sites is 1. The maximum Gasteiger partial charge on any atom is 0.126 e. The molecule has 1 aliphatic rings. The van der Waals surface area contributed by atoms with Gasteiger partial charge in [0.25, 0.3) is 0 Å². The van der Waals surface area contributed by atoms with E-state index in [1.54, 1.807) is 0 Å². The van der Waals surface area contributed by atoms with Crippen molar-refractivity contribution in [3.05, 3.63) is 35.9 Å². The second-order valence-electron chi connectivity index (χ2n) is 2.25. The summed E-state index contributed by atoms with van der Waals surface area (Å²) >= 11 is 0. The molecule has 1 aromatic rings. The summed E-state index contributed by atoms with van der Waals surface area (Å²) in [6.45, 7) is 0.705. The van der Waals surface area contributed by atoms with E-state index in [1.807, 2.05) is 30.3 Å². The summed E-state index contributed by atoms with van der Waals surface area (Å²) < 4.78 is 5.34. The van der Waals surface area contributed by atoms with Gasteiger partial charge in [-0.05, 0) is 12.1 Å². The zero-order valence-corrected chi connectivity index (χ0v) is 9.14. The van der Waals surface area contributed by atoms with E-state index in [4.69, 9.17) is 4.74 Å². The van der Waals surface area contributed by atoms with Crippen LogP contribution in [0.15, 0.2) is 30.3 Å². The fourth-order valence-corrected chi connectivity index (χ4v) is 1.06. The molecule has 0 spiro atoms. The SMILES string of the molecule is C1=Cc2ccccc2OC1.[Si].[Ti]. The first-order valence-corrected chi connectivity index (χ1v) is 3.35. The molecule has 0 N–H and O–H groups in total. The third kappa shape index (κ3) is 2.34. The minimum absolute atomic E-state index is 0. The van der Waals surface area contributed by atoms with Crippen LogP contribution in [0.5, 0.6) is 5.75 Å². The largest absolute Gasteiger partial charge is 0.489 e. The fraction of sp³-hybridized carbons (Fsp3) is 0.111. The molecule has 0 unspecified atom stereocenters. The van der Waals surface area contributed by atoms with Crippen LogP contribution in [0.4, 0.5) is 0 Å². The van der Waals surface area contributed by atoms with Crippen molar-refractivity contribution >= 4 is 17.0 Å². The molecule has 0 amide bonds. The van der Waals surface area contributed by atoms with Gasteiger partial charge in [-0.15, -0.1) is 0 Å². The van der Waals surface area contributed by atoms with Gasteiger partial charge in [0.15, 0.2) is 0 Å². The third-order valence-electron chi connectivity index (χ3n) is 1.55. The summed E-state index contributed by atoms with van der Waals surface area (Å²) in [7, 11) is 0. The molecule has 4 radical (unpaired) electrons. The summed E-state index contributed by atoms with van der Waals surface area (Å²) in [6, 6.07) is 8.03. The van der Waals surface area contributed by atoms with Gasteiger partial charge in [-0.1, -0.05) is 24.3 Å². The molecule has 58 valence electrons. The number of hydrogen-bond acceptors (Lipinski definition) is 1. The Morgan fingerprint density at radius 1 is 1.17 bits per heavy atom. The number of hydrogen-bond donors (Lipinski definition) is 0. The Morgan fingerprint density at radius 2 is 1.92 bits per heavy atom. The van der Waals surface area contributed by atoms with Crippen molar-refractivity contribution in [1.82, 2.24) is 0 Å². The van der Waals surface area contributed by atoms with Crippen molar-refractivity contribution in [2.75, 3.05) is 6.61 Å². The molecule has 1 heterocycles. The van der Waals surface area contributed by atoms with E-state index in [-0.39, 0.29) is 32.7 Å². The second-order valence-corrected chi connectivity index (χ2v) is 2.25. The molecule has 0 atom stereocenters. The normalized spacial score (nSPS) is 11.7. The van der Waals surface area contributed by atoms with Crippen molar-refractivity contribution in [3.63, 3.8) is 0 Å². The first kappa shape index (κ1) is 11.7. The van der Waals surface area contributed by atoms with Gasteiger partial charge in [-0.3, -0.25) is 0 Å². The van der Waals surface area contributed by atoms with Crippen LogP contribution in [0, 0.1) is 0 Å². The first-order valence-electron chi connectivity index (χ1n) is 3.35. The average Bonchev–Trinajstić information content (AvgIpc) is 2.05. The van der Waals surface area contributed by atoms with Gasteiger partial charge in [0.1, 0.15) is 12.4 Å². The predicted octanol–water partition coefficient (Wildman–Crippen LogP) is 1.71. The maximum atomic E-state index is 5.34. The molecular weight excluding hydrogens is 200 g/mol. The number of benzene rings is 1. The molecule has 1 nitrogen and oxygen atoms in total. The molecule has 1 aromatic carbocycles. The van der Waals surface area contributed by atoms with Crippen LogP contribution in [-0.4, -0.2) is 17.6 Å². The predicted molar refractivity (Wildman–Crippen MR) is 46.7 cm³/mol. The number of rotatable bonds is 0. The minimum atomic E-state index is 0. The van der Waals surface area contributed by atoms with E-state index in [0.717, 1.165) is 5.75 Å². The third-order valence-corrected chi connectivity index (χ3v) is 1.55. The number of fused-ring (bicyclic) bond motifs is 1. The van der Waals surface area contributed by atoms with Crippen molar-refractivity contribution in [1.29, 1.82) is 0 Å². The maximum absolute atomic E-state index is 5.34. The summed E-state index contributed by atoms with van der Waals surface area (Å²) in [5.41, 5.74) is 1.17. The molecule has 0 fully saturated rings. The fourth-order valence-electron chi connectivity index (χ4n) is 1.06. The summed E-state index contributed by atoms with van der Waals surface area (Å²) in [5.74, 6) is 0.991. The summed E-state index contributed by atoms with van der Waals surface area (Å²) in [6.07, 6.45) is 4.10. The Bertz CT molecular complexity index is 273. The van der Waals surface area contributed by atoms with E-state index in [2.05, 4.69) is 6.08 Å². The molecule has 0 bridgehead atoms. The molecule has 0 saturated carbocycles. The van der Waals surface area contributed by atoms with Crippen LogP contribution in [-0.2, 0) is 21.7 Å². The molecule has 3 heteroatoms. The van der Waals surface area contributed by atoms with Gasteiger partial charge in [-0.2, -0.15) is 0 Å². The van der Waals surface area contributed by atoms with Crippen molar-refractivity contribution in [2.24, 2.45) is 0 Å². The van der Waals surface area contributed by atoms with Crippen LogP contribution >= 0.6 is 0 Å². The van der Waals surface area contributed by atoms with Crippen LogP contribution < -0.4 is 4.74 Å². The van der Waals surface area contributed by atoms with Crippen molar-refractivity contribution in [2.45, 2.75) is 0 Å². The van der Waals surface area contributed by atoms with Gasteiger partial charge >= 0.3 is 0 Å². The van der Waals surface area contributed by atoms with Gasteiger partial charge in [0.2, 0.25) is 0 Å². The zero-order chi connectivity index (χ0) is 6.81. The molecule has 0 saturated heterocycles. The van der Waals surface area contributed by atoms with Crippen LogP contribution in [0.3, 0.4) is 0 Å². The molecule has 1 aliphatic heterocycles.